The Labute approximate surface area is 123 Å². The number of hydrogen-bond acceptors (Lipinski definition) is 4. The highest BCUT2D eigenvalue weighted by molar-refractivity contribution is 7.98. The molecule has 0 bridgehead atoms. The summed E-state index contributed by atoms with van der Waals surface area (Å²) in [7, 11) is -3.65. The first-order valence-electron chi connectivity index (χ1n) is 5.65. The molecule has 1 unspecified atom stereocenters. The van der Waals surface area contributed by atoms with Crippen LogP contribution in [-0.2, 0) is 10.0 Å². The number of rotatable bonds is 6. The van der Waals surface area contributed by atoms with Crippen LogP contribution in [0.3, 0.4) is 0 Å². The lowest BCUT2D eigenvalue weighted by molar-refractivity contribution is 0.0908. The molecule has 0 spiro atoms. The summed E-state index contributed by atoms with van der Waals surface area (Å²) in [5.74, 6) is 0.449. The Morgan fingerprint density at radius 3 is 2.63 bits per heavy atom. The normalized spacial score (nSPS) is 15.2. The van der Waals surface area contributed by atoms with E-state index in [1.54, 1.807) is 19.9 Å². The Bertz CT molecular complexity index is 544. The Hall–Kier alpha value is -0.270. The monoisotopic (exact) mass is 323 g/mol. The maximum absolute atomic E-state index is 12.1. The summed E-state index contributed by atoms with van der Waals surface area (Å²) in [5, 5.41) is 10.4. The summed E-state index contributed by atoms with van der Waals surface area (Å²) < 4.78 is 26.5. The number of halogens is 1. The summed E-state index contributed by atoms with van der Waals surface area (Å²) in [6.45, 7) is 3.35. The van der Waals surface area contributed by atoms with Gasteiger partial charge in [-0.25, -0.2) is 13.1 Å². The minimum atomic E-state index is -3.65. The van der Waals surface area contributed by atoms with Crippen molar-refractivity contribution in [3.05, 3.63) is 28.8 Å². The first-order chi connectivity index (χ1) is 8.68. The number of sulfonamides is 1. The molecule has 1 atom stereocenters. The smallest absolute Gasteiger partial charge is 0.240 e. The predicted molar refractivity (Wildman–Crippen MR) is 80.4 cm³/mol. The highest BCUT2D eigenvalue weighted by Gasteiger charge is 2.24. The van der Waals surface area contributed by atoms with Crippen molar-refractivity contribution in [2.24, 2.45) is 0 Å². The molecule has 0 radical (unpaired) electrons. The summed E-state index contributed by atoms with van der Waals surface area (Å²) >= 11 is 7.37. The van der Waals surface area contributed by atoms with Gasteiger partial charge in [-0.3, -0.25) is 0 Å². The number of hydrogen-bond donors (Lipinski definition) is 2. The van der Waals surface area contributed by atoms with Crippen LogP contribution >= 0.6 is 23.4 Å². The third kappa shape index (κ3) is 4.96. The average molecular weight is 324 g/mol. The van der Waals surface area contributed by atoms with E-state index in [0.29, 0.717) is 10.8 Å². The van der Waals surface area contributed by atoms with Gasteiger partial charge in [0, 0.05) is 17.3 Å². The molecule has 0 saturated heterocycles. The van der Waals surface area contributed by atoms with Gasteiger partial charge in [-0.1, -0.05) is 17.7 Å². The molecule has 1 rings (SSSR count). The van der Waals surface area contributed by atoms with Gasteiger partial charge in [0.15, 0.2) is 0 Å². The Kier molecular flexibility index (Phi) is 5.70. The van der Waals surface area contributed by atoms with E-state index in [-0.39, 0.29) is 11.4 Å². The van der Waals surface area contributed by atoms with Crippen LogP contribution < -0.4 is 4.72 Å². The Morgan fingerprint density at radius 1 is 1.47 bits per heavy atom. The van der Waals surface area contributed by atoms with Crippen LogP contribution in [0.25, 0.3) is 0 Å². The molecule has 0 aliphatic rings. The number of aliphatic hydroxyl groups is 1. The van der Waals surface area contributed by atoms with Crippen molar-refractivity contribution in [3.8, 4) is 0 Å². The standard InChI is InChI=1S/C12H18ClNO3S2/c1-9-4-5-10(6-11(9)13)19(16,17)14-7-12(2,15)8-18-3/h4-6,14-15H,7-8H2,1-3H3. The molecule has 2 N–H and O–H groups in total. The van der Waals surface area contributed by atoms with Crippen molar-refractivity contribution in [2.45, 2.75) is 24.3 Å². The van der Waals surface area contributed by atoms with Crippen LogP contribution in [0.5, 0.6) is 0 Å². The van der Waals surface area contributed by atoms with Gasteiger partial charge in [0.1, 0.15) is 0 Å². The zero-order valence-corrected chi connectivity index (χ0v) is 13.5. The molecule has 1 aromatic rings. The first-order valence-corrected chi connectivity index (χ1v) is 8.90. The SMILES string of the molecule is CSCC(C)(O)CNS(=O)(=O)c1ccc(C)c(Cl)c1. The van der Waals surface area contributed by atoms with Crippen molar-refractivity contribution in [3.63, 3.8) is 0 Å². The molecule has 108 valence electrons. The van der Waals surface area contributed by atoms with Crippen LogP contribution in [0, 0.1) is 6.92 Å². The maximum Gasteiger partial charge on any atom is 0.240 e. The number of aryl methyl sites for hydroxylation is 1. The van der Waals surface area contributed by atoms with Crippen molar-refractivity contribution in [2.75, 3.05) is 18.6 Å². The van der Waals surface area contributed by atoms with E-state index < -0.39 is 15.6 Å². The molecule has 1 aromatic carbocycles. The van der Waals surface area contributed by atoms with Gasteiger partial charge in [0.25, 0.3) is 0 Å². The molecule has 0 heterocycles. The van der Waals surface area contributed by atoms with E-state index in [0.717, 1.165) is 5.56 Å². The number of thioether (sulfide) groups is 1. The molecular formula is C12H18ClNO3S2. The second-order valence-electron chi connectivity index (χ2n) is 4.67. The third-order valence-corrected chi connectivity index (χ3v) is 5.27. The molecule has 0 aromatic heterocycles. The molecule has 0 fully saturated rings. The van der Waals surface area contributed by atoms with Gasteiger partial charge in [0.05, 0.1) is 10.5 Å². The zero-order valence-electron chi connectivity index (χ0n) is 11.1. The fourth-order valence-electron chi connectivity index (χ4n) is 1.44. The quantitative estimate of drug-likeness (QED) is 0.840. The topological polar surface area (TPSA) is 66.4 Å². The largest absolute Gasteiger partial charge is 0.388 e. The highest BCUT2D eigenvalue weighted by atomic mass is 35.5. The van der Waals surface area contributed by atoms with Crippen molar-refractivity contribution in [1.29, 1.82) is 0 Å². The summed E-state index contributed by atoms with van der Waals surface area (Å²) in [6, 6.07) is 4.55. The molecule has 4 nitrogen and oxygen atoms in total. The van der Waals surface area contributed by atoms with E-state index in [1.807, 2.05) is 6.26 Å². The number of nitrogens with one attached hydrogen (secondary N) is 1. The molecule has 0 amide bonds. The van der Waals surface area contributed by atoms with E-state index in [9.17, 15) is 13.5 Å². The zero-order chi connectivity index (χ0) is 14.7. The van der Waals surface area contributed by atoms with E-state index >= 15 is 0 Å². The predicted octanol–water partition coefficient (Wildman–Crippen LogP) is 2.04. The first kappa shape index (κ1) is 16.8. The summed E-state index contributed by atoms with van der Waals surface area (Å²) in [5.41, 5.74) is -0.268. The lowest BCUT2D eigenvalue weighted by Gasteiger charge is -2.22. The number of benzene rings is 1. The van der Waals surface area contributed by atoms with Crippen LogP contribution in [0.15, 0.2) is 23.1 Å². The lowest BCUT2D eigenvalue weighted by atomic mass is 10.1. The van der Waals surface area contributed by atoms with E-state index in [1.165, 1.54) is 23.9 Å². The van der Waals surface area contributed by atoms with Gasteiger partial charge in [-0.15, -0.1) is 0 Å². The van der Waals surface area contributed by atoms with E-state index in [2.05, 4.69) is 4.72 Å². The van der Waals surface area contributed by atoms with Crippen molar-refractivity contribution in [1.82, 2.24) is 4.72 Å². The molecule has 0 aliphatic heterocycles. The van der Waals surface area contributed by atoms with Gasteiger partial charge in [-0.2, -0.15) is 11.8 Å². The molecule has 0 saturated carbocycles. The minimum absolute atomic E-state index is 0.0400. The second kappa shape index (κ2) is 6.45. The molecule has 19 heavy (non-hydrogen) atoms. The van der Waals surface area contributed by atoms with Crippen LogP contribution in [0.4, 0.5) is 0 Å². The van der Waals surface area contributed by atoms with E-state index in [4.69, 9.17) is 11.6 Å². The summed E-state index contributed by atoms with van der Waals surface area (Å²) in [4.78, 5) is 0.100. The van der Waals surface area contributed by atoms with Crippen molar-refractivity contribution < 1.29 is 13.5 Å². The maximum atomic E-state index is 12.1. The van der Waals surface area contributed by atoms with Crippen molar-refractivity contribution >= 4 is 33.4 Å². The van der Waals surface area contributed by atoms with Gasteiger partial charge >= 0.3 is 0 Å². The third-order valence-electron chi connectivity index (χ3n) is 2.55. The average Bonchev–Trinajstić information content (AvgIpc) is 2.30. The Balaban J connectivity index is 2.84. The fraction of sp³-hybridized carbons (Fsp3) is 0.500. The molecule has 7 heteroatoms. The van der Waals surface area contributed by atoms with Crippen LogP contribution in [-0.4, -0.2) is 37.7 Å². The second-order valence-corrected chi connectivity index (χ2v) is 7.71. The fourth-order valence-corrected chi connectivity index (χ4v) is 3.59. The molecular weight excluding hydrogens is 306 g/mol. The van der Waals surface area contributed by atoms with Gasteiger partial charge in [-0.05, 0) is 37.8 Å². The lowest BCUT2D eigenvalue weighted by Crippen LogP contribution is -2.42. The van der Waals surface area contributed by atoms with Gasteiger partial charge in [0.2, 0.25) is 10.0 Å². The Morgan fingerprint density at radius 2 is 2.11 bits per heavy atom. The highest BCUT2D eigenvalue weighted by Crippen LogP contribution is 2.20. The summed E-state index contributed by atoms with van der Waals surface area (Å²) in [6.07, 6.45) is 1.85. The van der Waals surface area contributed by atoms with Gasteiger partial charge < -0.3 is 5.11 Å². The van der Waals surface area contributed by atoms with Crippen LogP contribution in [0.1, 0.15) is 12.5 Å². The minimum Gasteiger partial charge on any atom is -0.388 e. The molecule has 0 aliphatic carbocycles. The van der Waals surface area contributed by atoms with Crippen LogP contribution in [0.2, 0.25) is 5.02 Å².